The summed E-state index contributed by atoms with van der Waals surface area (Å²) in [5.74, 6) is -0.0841. The number of nitrogens with zero attached hydrogens (tertiary/aromatic N) is 1. The standard InChI is InChI=1S/C14H20F3NO/c1-9(2)10-5-6-12-11(10)4-3-7-18(12)13(19)8-14(15,16)17/h5,9,11-12H,3-4,6-8H2,1-2H3. The smallest absolute Gasteiger partial charge is 0.339 e. The minimum atomic E-state index is -4.41. The second-order valence-electron chi connectivity index (χ2n) is 5.79. The molecule has 2 aliphatic rings. The van der Waals surface area contributed by atoms with Crippen LogP contribution < -0.4 is 0 Å². The van der Waals surface area contributed by atoms with E-state index >= 15 is 0 Å². The number of hydrogen-bond acceptors (Lipinski definition) is 1. The molecule has 2 rings (SSSR count). The largest absolute Gasteiger partial charge is 0.397 e. The van der Waals surface area contributed by atoms with Crippen LogP contribution in [-0.4, -0.2) is 29.6 Å². The van der Waals surface area contributed by atoms with E-state index in [1.807, 2.05) is 0 Å². The first kappa shape index (κ1) is 14.4. The molecule has 108 valence electrons. The number of amides is 1. The van der Waals surface area contributed by atoms with Crippen molar-refractivity contribution in [2.45, 2.75) is 51.7 Å². The van der Waals surface area contributed by atoms with E-state index < -0.39 is 18.5 Å². The number of carbonyl (C=O) groups is 1. The fourth-order valence-corrected chi connectivity index (χ4v) is 3.39. The Balaban J connectivity index is 2.07. The first-order chi connectivity index (χ1) is 8.79. The van der Waals surface area contributed by atoms with Gasteiger partial charge in [-0.1, -0.05) is 25.5 Å². The molecule has 0 aromatic rings. The van der Waals surface area contributed by atoms with E-state index in [1.54, 1.807) is 0 Å². The number of halogens is 3. The van der Waals surface area contributed by atoms with Gasteiger partial charge in [-0.2, -0.15) is 13.2 Å². The molecule has 0 radical (unpaired) electrons. The van der Waals surface area contributed by atoms with Crippen molar-refractivity contribution in [2.75, 3.05) is 6.54 Å². The summed E-state index contributed by atoms with van der Waals surface area (Å²) in [5, 5.41) is 0. The SMILES string of the molecule is CC(C)C1=CCC2C1CCCN2C(=O)CC(F)(F)F. The van der Waals surface area contributed by atoms with E-state index in [-0.39, 0.29) is 12.0 Å². The van der Waals surface area contributed by atoms with Gasteiger partial charge >= 0.3 is 6.18 Å². The normalized spacial score (nSPS) is 27.5. The second-order valence-corrected chi connectivity index (χ2v) is 5.79. The van der Waals surface area contributed by atoms with Gasteiger partial charge in [0.25, 0.3) is 0 Å². The summed E-state index contributed by atoms with van der Waals surface area (Å²) >= 11 is 0. The van der Waals surface area contributed by atoms with Gasteiger partial charge in [0.2, 0.25) is 5.91 Å². The average Bonchev–Trinajstić information content (AvgIpc) is 2.69. The molecule has 0 spiro atoms. The Hall–Kier alpha value is -1.00. The molecule has 1 fully saturated rings. The van der Waals surface area contributed by atoms with Gasteiger partial charge in [0.1, 0.15) is 6.42 Å². The second kappa shape index (κ2) is 5.17. The topological polar surface area (TPSA) is 20.3 Å². The van der Waals surface area contributed by atoms with Crippen LogP contribution in [0.4, 0.5) is 13.2 Å². The number of rotatable bonds is 2. The third kappa shape index (κ3) is 3.12. The van der Waals surface area contributed by atoms with Crippen LogP contribution in [-0.2, 0) is 4.79 Å². The minimum absolute atomic E-state index is 0.0407. The van der Waals surface area contributed by atoms with Crippen LogP contribution in [0.3, 0.4) is 0 Å². The number of alkyl halides is 3. The summed E-state index contributed by atoms with van der Waals surface area (Å²) in [6.45, 7) is 4.67. The Morgan fingerprint density at radius 3 is 2.74 bits per heavy atom. The van der Waals surface area contributed by atoms with Crippen LogP contribution >= 0.6 is 0 Å². The van der Waals surface area contributed by atoms with E-state index in [2.05, 4.69) is 19.9 Å². The molecule has 19 heavy (non-hydrogen) atoms. The lowest BCUT2D eigenvalue weighted by Crippen LogP contribution is -2.48. The van der Waals surface area contributed by atoms with Crippen LogP contribution in [0, 0.1) is 11.8 Å². The molecule has 0 N–H and O–H groups in total. The molecule has 1 aliphatic heterocycles. The fourth-order valence-electron chi connectivity index (χ4n) is 3.39. The van der Waals surface area contributed by atoms with Crippen molar-refractivity contribution in [2.24, 2.45) is 11.8 Å². The van der Waals surface area contributed by atoms with Crippen molar-refractivity contribution in [3.05, 3.63) is 11.6 Å². The van der Waals surface area contributed by atoms with E-state index in [0.717, 1.165) is 12.8 Å². The quantitative estimate of drug-likeness (QED) is 0.706. The molecular formula is C14H20F3NO. The van der Waals surface area contributed by atoms with Crippen molar-refractivity contribution < 1.29 is 18.0 Å². The zero-order chi connectivity index (χ0) is 14.2. The van der Waals surface area contributed by atoms with E-state index in [4.69, 9.17) is 0 Å². The molecule has 2 unspecified atom stereocenters. The van der Waals surface area contributed by atoms with Gasteiger partial charge < -0.3 is 4.90 Å². The summed E-state index contributed by atoms with van der Waals surface area (Å²) in [6.07, 6.45) is -1.11. The average molecular weight is 275 g/mol. The number of piperidine rings is 1. The van der Waals surface area contributed by atoms with Crippen LogP contribution in [0.25, 0.3) is 0 Å². The first-order valence-corrected chi connectivity index (χ1v) is 6.86. The lowest BCUT2D eigenvalue weighted by molar-refractivity contribution is -0.164. The Morgan fingerprint density at radius 2 is 2.16 bits per heavy atom. The van der Waals surface area contributed by atoms with E-state index in [1.165, 1.54) is 10.5 Å². The molecule has 0 bridgehead atoms. The van der Waals surface area contributed by atoms with Gasteiger partial charge in [-0.05, 0) is 25.2 Å². The Morgan fingerprint density at radius 1 is 1.47 bits per heavy atom. The number of hydrogen-bond donors (Lipinski definition) is 0. The van der Waals surface area contributed by atoms with Gasteiger partial charge in [0, 0.05) is 18.5 Å². The lowest BCUT2D eigenvalue weighted by Gasteiger charge is -2.39. The molecule has 2 atom stereocenters. The first-order valence-electron chi connectivity index (χ1n) is 6.86. The Labute approximate surface area is 111 Å². The third-order valence-electron chi connectivity index (χ3n) is 4.14. The maximum atomic E-state index is 12.3. The van der Waals surface area contributed by atoms with E-state index in [0.29, 0.717) is 18.9 Å². The van der Waals surface area contributed by atoms with E-state index in [9.17, 15) is 18.0 Å². The molecule has 1 amide bonds. The molecule has 1 saturated heterocycles. The molecular weight excluding hydrogens is 255 g/mol. The summed E-state index contributed by atoms with van der Waals surface area (Å²) in [4.78, 5) is 13.3. The molecule has 5 heteroatoms. The number of fused-ring (bicyclic) bond motifs is 1. The minimum Gasteiger partial charge on any atom is -0.339 e. The van der Waals surface area contributed by atoms with Gasteiger partial charge in [-0.3, -0.25) is 4.79 Å². The highest BCUT2D eigenvalue weighted by Gasteiger charge is 2.42. The summed E-state index contributed by atoms with van der Waals surface area (Å²) in [5.41, 5.74) is 1.31. The van der Waals surface area contributed by atoms with Gasteiger partial charge in [0.05, 0.1) is 0 Å². The van der Waals surface area contributed by atoms with Gasteiger partial charge in [-0.15, -0.1) is 0 Å². The van der Waals surface area contributed by atoms with Crippen molar-refractivity contribution in [3.63, 3.8) is 0 Å². The van der Waals surface area contributed by atoms with Crippen LogP contribution in [0.5, 0.6) is 0 Å². The predicted octanol–water partition coefficient (Wildman–Crippen LogP) is 3.53. The molecule has 0 saturated carbocycles. The third-order valence-corrected chi connectivity index (χ3v) is 4.14. The predicted molar refractivity (Wildman–Crippen MR) is 66.4 cm³/mol. The van der Waals surface area contributed by atoms with Crippen LogP contribution in [0.1, 0.15) is 39.5 Å². The summed E-state index contributed by atoms with van der Waals surface area (Å²) in [6, 6.07) is -0.0407. The zero-order valence-corrected chi connectivity index (χ0v) is 11.3. The highest BCUT2D eigenvalue weighted by molar-refractivity contribution is 5.77. The maximum absolute atomic E-state index is 12.3. The maximum Gasteiger partial charge on any atom is 0.397 e. The highest BCUT2D eigenvalue weighted by Crippen LogP contribution is 2.41. The molecule has 1 aliphatic carbocycles. The summed E-state index contributed by atoms with van der Waals surface area (Å²) < 4.78 is 37.0. The van der Waals surface area contributed by atoms with Crippen molar-refractivity contribution in [3.8, 4) is 0 Å². The Kier molecular flexibility index (Phi) is 3.92. The molecule has 0 aromatic heterocycles. The van der Waals surface area contributed by atoms with Gasteiger partial charge in [-0.25, -0.2) is 0 Å². The Bertz CT molecular complexity index is 387. The van der Waals surface area contributed by atoms with Crippen molar-refractivity contribution in [1.82, 2.24) is 4.90 Å². The van der Waals surface area contributed by atoms with Crippen LogP contribution in [0.15, 0.2) is 11.6 Å². The molecule has 1 heterocycles. The van der Waals surface area contributed by atoms with Crippen molar-refractivity contribution >= 4 is 5.91 Å². The monoisotopic (exact) mass is 275 g/mol. The zero-order valence-electron chi connectivity index (χ0n) is 11.3. The molecule has 2 nitrogen and oxygen atoms in total. The highest BCUT2D eigenvalue weighted by atomic mass is 19.4. The summed E-state index contributed by atoms with van der Waals surface area (Å²) in [7, 11) is 0. The van der Waals surface area contributed by atoms with Crippen molar-refractivity contribution in [1.29, 1.82) is 0 Å². The van der Waals surface area contributed by atoms with Crippen LogP contribution in [0.2, 0.25) is 0 Å². The number of likely N-dealkylation sites (tertiary alicyclic amines) is 1. The van der Waals surface area contributed by atoms with Gasteiger partial charge in [0.15, 0.2) is 0 Å². The number of carbonyl (C=O) groups excluding carboxylic acids is 1. The molecule has 0 aromatic carbocycles. The fraction of sp³-hybridized carbons (Fsp3) is 0.786. The lowest BCUT2D eigenvalue weighted by atomic mass is 9.83.